The highest BCUT2D eigenvalue weighted by Crippen LogP contribution is 1.73. The van der Waals surface area contributed by atoms with E-state index in [1.807, 2.05) is 0 Å². The largest absolute Gasteiger partial charge is 0.462 e. The molecule has 0 saturated heterocycles. The van der Waals surface area contributed by atoms with E-state index < -0.39 is 0 Å². The van der Waals surface area contributed by atoms with Crippen molar-refractivity contribution in [2.75, 3.05) is 6.61 Å². The maximum absolute atomic E-state index is 9.93. The Hall–Kier alpha value is -0.790. The molecule has 0 rings (SSSR count). The number of rotatable bonds is 2. The molecule has 48 valence electrons. The number of hydrogen-bond donors (Lipinski definition) is 0. The first-order valence-corrected chi connectivity index (χ1v) is 2.01. The molecule has 0 aliphatic carbocycles. The Morgan fingerprint density at radius 1 is 1.88 bits per heavy atom. The maximum Gasteiger partial charge on any atom is 0.302 e. The van der Waals surface area contributed by atoms with Crippen LogP contribution in [0.4, 0.5) is 0 Å². The van der Waals surface area contributed by atoms with Crippen LogP contribution in [0.2, 0.25) is 0 Å². The van der Waals surface area contributed by atoms with E-state index >= 15 is 0 Å². The maximum atomic E-state index is 9.93. The molecule has 0 heterocycles. The van der Waals surface area contributed by atoms with Gasteiger partial charge in [-0.1, -0.05) is 20.1 Å². The van der Waals surface area contributed by atoms with E-state index in [1.165, 1.54) is 13.0 Å². The van der Waals surface area contributed by atoms with Gasteiger partial charge in [-0.2, -0.15) is 0 Å². The first kappa shape index (κ1) is 10.2. The normalized spacial score (nSPS) is 6.62. The number of carbonyl (C=O) groups is 1. The van der Waals surface area contributed by atoms with E-state index in [2.05, 4.69) is 11.3 Å². The Balaban J connectivity index is 0. The molecule has 0 fully saturated rings. The van der Waals surface area contributed by atoms with Crippen LogP contribution in [0.5, 0.6) is 0 Å². The highest BCUT2D eigenvalue weighted by atomic mass is 16.5. The summed E-state index contributed by atoms with van der Waals surface area (Å²) in [5.74, 6) is -0.264. The van der Waals surface area contributed by atoms with Crippen molar-refractivity contribution in [1.29, 1.82) is 0 Å². The third kappa shape index (κ3) is 8.96. The van der Waals surface area contributed by atoms with E-state index in [-0.39, 0.29) is 13.4 Å². The van der Waals surface area contributed by atoms with E-state index in [9.17, 15) is 4.79 Å². The second-order valence-electron chi connectivity index (χ2n) is 1.09. The second-order valence-corrected chi connectivity index (χ2v) is 1.09. The summed E-state index contributed by atoms with van der Waals surface area (Å²) < 4.78 is 4.43. The molecule has 0 aromatic heterocycles. The fourth-order valence-electron chi connectivity index (χ4n) is 0.176. The standard InChI is InChI=1S/C5H8O2.CH4/c1-3-4-7-5(2)6;/h3H,1,4H2,2H3;1H4. The molecule has 2 heteroatoms. The van der Waals surface area contributed by atoms with Gasteiger partial charge in [-0.25, -0.2) is 0 Å². The minimum atomic E-state index is -0.264. The topological polar surface area (TPSA) is 26.3 Å². The van der Waals surface area contributed by atoms with Gasteiger partial charge in [0.1, 0.15) is 6.61 Å². The Morgan fingerprint density at radius 2 is 2.38 bits per heavy atom. The van der Waals surface area contributed by atoms with Crippen molar-refractivity contribution in [3.63, 3.8) is 0 Å². The molecule has 0 bridgehead atoms. The van der Waals surface area contributed by atoms with Crippen LogP contribution in [0, 0.1) is 0 Å². The van der Waals surface area contributed by atoms with Gasteiger partial charge in [0.25, 0.3) is 0 Å². The van der Waals surface area contributed by atoms with Crippen molar-refractivity contribution >= 4 is 5.97 Å². The van der Waals surface area contributed by atoms with E-state index in [1.54, 1.807) is 0 Å². The van der Waals surface area contributed by atoms with E-state index in [0.717, 1.165) is 0 Å². The Kier molecular flexibility index (Phi) is 7.95. The molecular weight excluding hydrogens is 104 g/mol. The summed E-state index contributed by atoms with van der Waals surface area (Å²) in [6.45, 7) is 5.03. The molecule has 0 atom stereocenters. The number of esters is 1. The second kappa shape index (κ2) is 6.21. The monoisotopic (exact) mass is 116 g/mol. The van der Waals surface area contributed by atoms with Crippen molar-refractivity contribution in [2.45, 2.75) is 14.4 Å². The fourth-order valence-corrected chi connectivity index (χ4v) is 0.176. The third-order valence-corrected chi connectivity index (χ3v) is 0.404. The average Bonchev–Trinajstić information content (AvgIpc) is 1.61. The fraction of sp³-hybridized carbons (Fsp3) is 0.500. The summed E-state index contributed by atoms with van der Waals surface area (Å²) in [4.78, 5) is 9.93. The van der Waals surface area contributed by atoms with Gasteiger partial charge in [-0.3, -0.25) is 4.79 Å². The molecule has 0 amide bonds. The van der Waals surface area contributed by atoms with Gasteiger partial charge in [0.15, 0.2) is 0 Å². The molecule has 0 N–H and O–H groups in total. The zero-order valence-corrected chi connectivity index (χ0v) is 4.31. The van der Waals surface area contributed by atoms with Gasteiger partial charge < -0.3 is 4.74 Å². The highest BCUT2D eigenvalue weighted by molar-refractivity contribution is 5.65. The lowest BCUT2D eigenvalue weighted by Gasteiger charge is -1.90. The van der Waals surface area contributed by atoms with Crippen LogP contribution >= 0.6 is 0 Å². The summed E-state index contributed by atoms with van der Waals surface area (Å²) in [6.07, 6.45) is 1.53. The number of ether oxygens (including phenoxy) is 1. The number of hydrogen-bond acceptors (Lipinski definition) is 2. The van der Waals surface area contributed by atoms with Crippen LogP contribution in [0.15, 0.2) is 12.7 Å². The van der Waals surface area contributed by atoms with Crippen LogP contribution in [0.3, 0.4) is 0 Å². The molecule has 0 aliphatic heterocycles. The van der Waals surface area contributed by atoms with Crippen molar-refractivity contribution in [3.05, 3.63) is 12.7 Å². The average molecular weight is 116 g/mol. The molecule has 0 aromatic rings. The predicted octanol–water partition coefficient (Wildman–Crippen LogP) is 1.37. The van der Waals surface area contributed by atoms with Gasteiger partial charge >= 0.3 is 5.97 Å². The molecule has 0 spiro atoms. The lowest BCUT2D eigenvalue weighted by Crippen LogP contribution is -1.96. The van der Waals surface area contributed by atoms with Crippen molar-refractivity contribution in [1.82, 2.24) is 0 Å². The molecule has 0 radical (unpaired) electrons. The molecule has 0 aliphatic rings. The Labute approximate surface area is 50.2 Å². The molecule has 0 saturated carbocycles. The van der Waals surface area contributed by atoms with Crippen LogP contribution in [-0.2, 0) is 9.53 Å². The van der Waals surface area contributed by atoms with Gasteiger partial charge in [0.05, 0.1) is 0 Å². The van der Waals surface area contributed by atoms with E-state index in [0.29, 0.717) is 6.61 Å². The van der Waals surface area contributed by atoms with Crippen LogP contribution in [-0.4, -0.2) is 12.6 Å². The minimum Gasteiger partial charge on any atom is -0.462 e. The smallest absolute Gasteiger partial charge is 0.302 e. The summed E-state index contributed by atoms with van der Waals surface area (Å²) in [5.41, 5.74) is 0. The first-order valence-electron chi connectivity index (χ1n) is 2.01. The quantitative estimate of drug-likeness (QED) is 0.402. The van der Waals surface area contributed by atoms with E-state index in [4.69, 9.17) is 0 Å². The lowest BCUT2D eigenvalue weighted by molar-refractivity contribution is -0.139. The molecular formula is C6H12O2. The van der Waals surface area contributed by atoms with Crippen LogP contribution in [0.1, 0.15) is 14.4 Å². The molecule has 2 nitrogen and oxygen atoms in total. The van der Waals surface area contributed by atoms with Crippen molar-refractivity contribution < 1.29 is 9.53 Å². The SMILES string of the molecule is C.C=CCOC(C)=O. The Morgan fingerprint density at radius 3 is 2.50 bits per heavy atom. The predicted molar refractivity (Wildman–Crippen MR) is 33.6 cm³/mol. The van der Waals surface area contributed by atoms with Gasteiger partial charge in [-0.15, -0.1) is 0 Å². The van der Waals surface area contributed by atoms with Crippen molar-refractivity contribution in [3.8, 4) is 0 Å². The summed E-state index contributed by atoms with van der Waals surface area (Å²) >= 11 is 0. The zero-order valence-electron chi connectivity index (χ0n) is 4.31. The molecule has 0 unspecified atom stereocenters. The Bertz CT molecular complexity index is 76.6. The molecule has 0 aromatic carbocycles. The summed E-state index contributed by atoms with van der Waals surface area (Å²) in [6, 6.07) is 0. The third-order valence-electron chi connectivity index (χ3n) is 0.404. The summed E-state index contributed by atoms with van der Waals surface area (Å²) in [5, 5.41) is 0. The summed E-state index contributed by atoms with van der Waals surface area (Å²) in [7, 11) is 0. The number of carbonyl (C=O) groups excluding carboxylic acids is 1. The molecule has 8 heavy (non-hydrogen) atoms. The minimum absolute atomic E-state index is 0. The van der Waals surface area contributed by atoms with Crippen LogP contribution < -0.4 is 0 Å². The van der Waals surface area contributed by atoms with Gasteiger partial charge in [0.2, 0.25) is 0 Å². The first-order chi connectivity index (χ1) is 3.27. The van der Waals surface area contributed by atoms with Crippen molar-refractivity contribution in [2.24, 2.45) is 0 Å². The zero-order chi connectivity index (χ0) is 5.70. The highest BCUT2D eigenvalue weighted by Gasteiger charge is 1.83. The van der Waals surface area contributed by atoms with Gasteiger partial charge in [0, 0.05) is 6.92 Å². The van der Waals surface area contributed by atoms with Gasteiger partial charge in [-0.05, 0) is 0 Å². The van der Waals surface area contributed by atoms with Crippen LogP contribution in [0.25, 0.3) is 0 Å². The lowest BCUT2D eigenvalue weighted by atomic mass is 10.7.